The highest BCUT2D eigenvalue weighted by Crippen LogP contribution is 2.30. The molecule has 0 saturated carbocycles. The van der Waals surface area contributed by atoms with E-state index in [2.05, 4.69) is 4.98 Å². The van der Waals surface area contributed by atoms with Crippen molar-refractivity contribution in [3.63, 3.8) is 0 Å². The molecule has 0 atom stereocenters. The van der Waals surface area contributed by atoms with Crippen molar-refractivity contribution >= 4 is 17.8 Å². The summed E-state index contributed by atoms with van der Waals surface area (Å²) in [4.78, 5) is 5.03. The molecule has 2 rings (SSSR count). The predicted octanol–water partition coefficient (Wildman–Crippen LogP) is 2.65. The summed E-state index contributed by atoms with van der Waals surface area (Å²) in [5.74, 6) is 0.715. The number of hydrogen-bond acceptors (Lipinski definition) is 4. The Hall–Kier alpha value is -1.42. The second kappa shape index (κ2) is 3.75. The number of rotatable bonds is 2. The maximum atomic E-state index is 5.42. The minimum absolute atomic E-state index is 0.205. The van der Waals surface area contributed by atoms with Gasteiger partial charge in [0, 0.05) is 10.5 Å². The molecule has 0 unspecified atom stereocenters. The van der Waals surface area contributed by atoms with E-state index in [1.165, 1.54) is 0 Å². The number of aromatic nitrogens is 1. The molecule has 72 valence electrons. The van der Waals surface area contributed by atoms with E-state index in [1.54, 1.807) is 18.0 Å². The van der Waals surface area contributed by atoms with Crippen LogP contribution in [0, 0.1) is 0 Å². The van der Waals surface area contributed by atoms with Crippen molar-refractivity contribution in [2.24, 2.45) is 0 Å². The van der Waals surface area contributed by atoms with Crippen LogP contribution >= 0.6 is 11.8 Å². The fraction of sp³-hybridized carbons (Fsp3) is 0.100. The molecule has 0 fully saturated rings. The highest BCUT2D eigenvalue weighted by molar-refractivity contribution is 7.98. The Labute approximate surface area is 86.3 Å². The molecule has 1 heterocycles. The lowest BCUT2D eigenvalue weighted by Gasteiger charge is -2.02. The Morgan fingerprint density at radius 1 is 1.36 bits per heavy atom. The van der Waals surface area contributed by atoms with Crippen molar-refractivity contribution < 1.29 is 4.42 Å². The van der Waals surface area contributed by atoms with Crippen molar-refractivity contribution in [3.05, 3.63) is 30.5 Å². The molecular formula is C10H10N2OS. The first-order chi connectivity index (χ1) is 6.81. The molecule has 1 aromatic carbocycles. The van der Waals surface area contributed by atoms with Gasteiger partial charge in [0.1, 0.15) is 0 Å². The Balaban J connectivity index is 2.50. The van der Waals surface area contributed by atoms with Crippen LogP contribution in [-0.2, 0) is 0 Å². The first-order valence-corrected chi connectivity index (χ1v) is 5.38. The van der Waals surface area contributed by atoms with Crippen LogP contribution in [0.25, 0.3) is 11.3 Å². The van der Waals surface area contributed by atoms with Gasteiger partial charge in [-0.2, -0.15) is 0 Å². The molecule has 1 aromatic heterocycles. The lowest BCUT2D eigenvalue weighted by molar-refractivity contribution is 0.593. The Morgan fingerprint density at radius 2 is 2.14 bits per heavy atom. The number of anilines is 1. The molecule has 0 spiro atoms. The van der Waals surface area contributed by atoms with Gasteiger partial charge >= 0.3 is 0 Å². The van der Waals surface area contributed by atoms with E-state index in [-0.39, 0.29) is 6.01 Å². The topological polar surface area (TPSA) is 52.0 Å². The third-order valence-electron chi connectivity index (χ3n) is 1.90. The number of benzene rings is 1. The van der Waals surface area contributed by atoms with Crippen molar-refractivity contribution in [2.75, 3.05) is 12.0 Å². The van der Waals surface area contributed by atoms with E-state index >= 15 is 0 Å². The monoisotopic (exact) mass is 206 g/mol. The maximum Gasteiger partial charge on any atom is 0.292 e. The van der Waals surface area contributed by atoms with Gasteiger partial charge in [0.2, 0.25) is 0 Å². The van der Waals surface area contributed by atoms with Crippen molar-refractivity contribution in [1.82, 2.24) is 4.98 Å². The normalized spacial score (nSPS) is 10.4. The number of hydrogen-bond donors (Lipinski definition) is 1. The SMILES string of the molecule is CSc1ccccc1-c1cnc(N)o1. The molecule has 2 N–H and O–H groups in total. The van der Waals surface area contributed by atoms with Crippen molar-refractivity contribution in [1.29, 1.82) is 0 Å². The highest BCUT2D eigenvalue weighted by Gasteiger charge is 2.07. The molecule has 14 heavy (non-hydrogen) atoms. The maximum absolute atomic E-state index is 5.42. The fourth-order valence-corrected chi connectivity index (χ4v) is 1.86. The fourth-order valence-electron chi connectivity index (χ4n) is 1.26. The summed E-state index contributed by atoms with van der Waals surface area (Å²) in [5.41, 5.74) is 6.45. The molecule has 0 radical (unpaired) electrons. The van der Waals surface area contributed by atoms with Crippen LogP contribution in [0.2, 0.25) is 0 Å². The first kappa shape index (κ1) is 9.15. The summed E-state index contributed by atoms with van der Waals surface area (Å²) in [6, 6.07) is 8.20. The second-order valence-electron chi connectivity index (χ2n) is 2.76. The summed E-state index contributed by atoms with van der Waals surface area (Å²) in [6.07, 6.45) is 3.67. The molecule has 0 bridgehead atoms. The largest absolute Gasteiger partial charge is 0.424 e. The minimum Gasteiger partial charge on any atom is -0.424 e. The van der Waals surface area contributed by atoms with Gasteiger partial charge in [-0.25, -0.2) is 4.98 Å². The van der Waals surface area contributed by atoms with Crippen LogP contribution < -0.4 is 5.73 Å². The summed E-state index contributed by atoms with van der Waals surface area (Å²) in [6.45, 7) is 0. The molecule has 0 aliphatic rings. The number of nitrogen functional groups attached to an aromatic ring is 1. The molecule has 0 amide bonds. The van der Waals surface area contributed by atoms with Crippen LogP contribution in [0.1, 0.15) is 0 Å². The first-order valence-electron chi connectivity index (χ1n) is 4.16. The highest BCUT2D eigenvalue weighted by atomic mass is 32.2. The number of nitrogens with two attached hydrogens (primary N) is 1. The zero-order valence-corrected chi connectivity index (χ0v) is 8.54. The van der Waals surface area contributed by atoms with Gasteiger partial charge in [-0.1, -0.05) is 18.2 Å². The van der Waals surface area contributed by atoms with Gasteiger partial charge in [-0.3, -0.25) is 0 Å². The lowest BCUT2D eigenvalue weighted by atomic mass is 10.2. The van der Waals surface area contributed by atoms with Crippen LogP contribution in [-0.4, -0.2) is 11.2 Å². The van der Waals surface area contributed by atoms with Gasteiger partial charge in [0.25, 0.3) is 6.01 Å². The number of nitrogens with zero attached hydrogens (tertiary/aromatic N) is 1. The van der Waals surface area contributed by atoms with Gasteiger partial charge in [0.05, 0.1) is 6.20 Å². The van der Waals surface area contributed by atoms with E-state index in [4.69, 9.17) is 10.2 Å². The van der Waals surface area contributed by atoms with Gasteiger partial charge in [-0.15, -0.1) is 11.8 Å². The molecular weight excluding hydrogens is 196 g/mol. The quantitative estimate of drug-likeness (QED) is 0.767. The average molecular weight is 206 g/mol. The summed E-state index contributed by atoms with van der Waals surface area (Å²) < 4.78 is 5.27. The van der Waals surface area contributed by atoms with E-state index in [9.17, 15) is 0 Å². The van der Waals surface area contributed by atoms with E-state index in [0.717, 1.165) is 10.5 Å². The number of oxazole rings is 1. The number of thioether (sulfide) groups is 1. The smallest absolute Gasteiger partial charge is 0.292 e. The van der Waals surface area contributed by atoms with Crippen LogP contribution in [0.15, 0.2) is 39.8 Å². The van der Waals surface area contributed by atoms with Crippen LogP contribution in [0.4, 0.5) is 6.01 Å². The Kier molecular flexibility index (Phi) is 2.45. The molecule has 3 nitrogen and oxygen atoms in total. The minimum atomic E-state index is 0.205. The second-order valence-corrected chi connectivity index (χ2v) is 3.61. The Bertz CT molecular complexity index is 439. The molecule has 2 aromatic rings. The van der Waals surface area contributed by atoms with Crippen LogP contribution in [0.3, 0.4) is 0 Å². The standard InChI is InChI=1S/C10H10N2OS/c1-14-9-5-3-2-4-7(9)8-6-12-10(11)13-8/h2-6H,1H3,(H2,11,12). The van der Waals surface area contributed by atoms with E-state index in [0.29, 0.717) is 5.76 Å². The van der Waals surface area contributed by atoms with Crippen molar-refractivity contribution in [2.45, 2.75) is 4.90 Å². The molecule has 0 aliphatic carbocycles. The zero-order chi connectivity index (χ0) is 9.97. The van der Waals surface area contributed by atoms with E-state index < -0.39 is 0 Å². The van der Waals surface area contributed by atoms with Crippen molar-refractivity contribution in [3.8, 4) is 11.3 Å². The third-order valence-corrected chi connectivity index (χ3v) is 2.69. The van der Waals surface area contributed by atoms with Crippen LogP contribution in [0.5, 0.6) is 0 Å². The predicted molar refractivity (Wildman–Crippen MR) is 58.1 cm³/mol. The van der Waals surface area contributed by atoms with Gasteiger partial charge < -0.3 is 10.2 Å². The van der Waals surface area contributed by atoms with Gasteiger partial charge in [-0.05, 0) is 12.3 Å². The van der Waals surface area contributed by atoms with Gasteiger partial charge in [0.15, 0.2) is 5.76 Å². The molecule has 0 saturated heterocycles. The average Bonchev–Trinajstić information content (AvgIpc) is 2.65. The third kappa shape index (κ3) is 1.61. The molecule has 4 heteroatoms. The summed E-state index contributed by atoms with van der Waals surface area (Å²) in [7, 11) is 0. The zero-order valence-electron chi connectivity index (χ0n) is 7.73. The Morgan fingerprint density at radius 3 is 2.79 bits per heavy atom. The summed E-state index contributed by atoms with van der Waals surface area (Å²) >= 11 is 1.67. The van der Waals surface area contributed by atoms with E-state index in [1.807, 2.05) is 30.5 Å². The lowest BCUT2D eigenvalue weighted by Crippen LogP contribution is -1.80. The summed E-state index contributed by atoms with van der Waals surface area (Å²) in [5, 5.41) is 0. The molecule has 0 aliphatic heterocycles.